The molecule has 0 aromatic carbocycles. The lowest BCUT2D eigenvalue weighted by Gasteiger charge is -2.19. The quantitative estimate of drug-likeness (QED) is 0.613. The molecule has 14 heavy (non-hydrogen) atoms. The molecule has 3 nitrogen and oxygen atoms in total. The van der Waals surface area contributed by atoms with Crippen LogP contribution in [0, 0.1) is 11.8 Å². The van der Waals surface area contributed by atoms with Gasteiger partial charge in [0, 0.05) is 12.8 Å². The molecule has 1 saturated carbocycles. The van der Waals surface area contributed by atoms with Crippen molar-refractivity contribution in [3.63, 3.8) is 0 Å². The third kappa shape index (κ3) is 2.05. The normalized spacial score (nSPS) is 27.9. The number of rotatable bonds is 1. The lowest BCUT2D eigenvalue weighted by molar-refractivity contribution is -0.192. The Bertz CT molecular complexity index is 259. The van der Waals surface area contributed by atoms with Gasteiger partial charge in [-0.1, -0.05) is 0 Å². The Kier molecular flexibility index (Phi) is 2.82. The monoisotopic (exact) mass is 210 g/mol. The summed E-state index contributed by atoms with van der Waals surface area (Å²) in [5, 5.41) is 0. The van der Waals surface area contributed by atoms with Gasteiger partial charge in [-0.05, 0) is 0 Å². The number of Topliss-reactive ketones (excluding diaryl/α,β-unsaturated/α-hetero) is 1. The smallest absolute Gasteiger partial charge is 0.393 e. The second-order valence-electron chi connectivity index (χ2n) is 3.22. The highest BCUT2D eigenvalue weighted by molar-refractivity contribution is 5.88. The van der Waals surface area contributed by atoms with E-state index in [-0.39, 0.29) is 6.42 Å². The first kappa shape index (κ1) is 11.0. The average molecular weight is 210 g/mol. The summed E-state index contributed by atoms with van der Waals surface area (Å²) in [4.78, 5) is 21.8. The third-order valence-corrected chi connectivity index (χ3v) is 2.31. The van der Waals surface area contributed by atoms with Gasteiger partial charge in [0.1, 0.15) is 5.78 Å². The Labute approximate surface area is 78.2 Å². The van der Waals surface area contributed by atoms with Crippen LogP contribution in [0.5, 0.6) is 0 Å². The molecule has 80 valence electrons. The van der Waals surface area contributed by atoms with E-state index in [2.05, 4.69) is 4.74 Å². The number of carbonyl (C=O) groups excluding carboxylic acids is 2. The van der Waals surface area contributed by atoms with Crippen molar-refractivity contribution in [3.05, 3.63) is 0 Å². The van der Waals surface area contributed by atoms with Gasteiger partial charge < -0.3 is 4.74 Å². The van der Waals surface area contributed by atoms with Crippen molar-refractivity contribution in [2.45, 2.75) is 19.0 Å². The summed E-state index contributed by atoms with van der Waals surface area (Å²) < 4.78 is 41.2. The number of ketones is 1. The number of halogens is 3. The second-order valence-corrected chi connectivity index (χ2v) is 3.22. The van der Waals surface area contributed by atoms with Crippen LogP contribution in [0.4, 0.5) is 13.2 Å². The van der Waals surface area contributed by atoms with Crippen molar-refractivity contribution < 1.29 is 27.5 Å². The molecule has 1 rings (SSSR count). The zero-order valence-corrected chi connectivity index (χ0v) is 7.43. The van der Waals surface area contributed by atoms with Gasteiger partial charge in [0.15, 0.2) is 0 Å². The molecule has 1 fully saturated rings. The van der Waals surface area contributed by atoms with E-state index in [9.17, 15) is 22.8 Å². The van der Waals surface area contributed by atoms with Crippen molar-refractivity contribution in [3.8, 4) is 0 Å². The van der Waals surface area contributed by atoms with Gasteiger partial charge >= 0.3 is 12.1 Å². The minimum Gasteiger partial charge on any atom is -0.469 e. The molecule has 0 spiro atoms. The number of hydrogen-bond donors (Lipinski definition) is 0. The molecule has 0 saturated heterocycles. The second kappa shape index (κ2) is 3.59. The Morgan fingerprint density at radius 2 is 2.00 bits per heavy atom. The van der Waals surface area contributed by atoms with Crippen LogP contribution in [0.15, 0.2) is 0 Å². The zero-order chi connectivity index (χ0) is 10.9. The Hall–Kier alpha value is -1.07. The number of methoxy groups -OCH3 is 1. The topological polar surface area (TPSA) is 43.4 Å². The van der Waals surface area contributed by atoms with Crippen molar-refractivity contribution in [2.24, 2.45) is 11.8 Å². The lowest BCUT2D eigenvalue weighted by atomic mass is 9.96. The van der Waals surface area contributed by atoms with Crippen LogP contribution in [0.25, 0.3) is 0 Å². The summed E-state index contributed by atoms with van der Waals surface area (Å²) in [6.45, 7) is 0. The molecule has 1 aliphatic carbocycles. The van der Waals surface area contributed by atoms with Crippen LogP contribution in [0.1, 0.15) is 12.8 Å². The van der Waals surface area contributed by atoms with E-state index in [4.69, 9.17) is 0 Å². The molecule has 0 aliphatic heterocycles. The minimum atomic E-state index is -4.51. The molecule has 0 N–H and O–H groups in total. The first-order valence-corrected chi connectivity index (χ1v) is 4.02. The highest BCUT2D eigenvalue weighted by Crippen LogP contribution is 2.41. The number of carbonyl (C=O) groups is 2. The molecular formula is C8H9F3O3. The standard InChI is InChI=1S/C8H9F3O3/c1-14-7(13)5-2-4(12)3-6(5)8(9,10)11/h5-6H,2-3H2,1H3/t5-,6-/m1/s1. The predicted octanol–water partition coefficient (Wildman–Crippen LogP) is 1.32. The van der Waals surface area contributed by atoms with Crippen LogP contribution >= 0.6 is 0 Å². The van der Waals surface area contributed by atoms with Gasteiger partial charge in [-0.25, -0.2) is 0 Å². The summed E-state index contributed by atoms with van der Waals surface area (Å²) in [6, 6.07) is 0. The fourth-order valence-corrected chi connectivity index (χ4v) is 1.60. The molecule has 2 atom stereocenters. The van der Waals surface area contributed by atoms with Gasteiger partial charge in [-0.2, -0.15) is 13.2 Å². The van der Waals surface area contributed by atoms with Gasteiger partial charge in [0.2, 0.25) is 0 Å². The number of ether oxygens (including phenoxy) is 1. The Morgan fingerprint density at radius 3 is 2.43 bits per heavy atom. The highest BCUT2D eigenvalue weighted by atomic mass is 19.4. The van der Waals surface area contributed by atoms with Crippen molar-refractivity contribution >= 4 is 11.8 Å². The maximum atomic E-state index is 12.3. The van der Waals surface area contributed by atoms with Gasteiger partial charge in [0.25, 0.3) is 0 Å². The average Bonchev–Trinajstić information content (AvgIpc) is 2.45. The highest BCUT2D eigenvalue weighted by Gasteiger charge is 2.53. The molecule has 0 radical (unpaired) electrons. The summed E-state index contributed by atoms with van der Waals surface area (Å²) >= 11 is 0. The third-order valence-electron chi connectivity index (χ3n) is 2.31. The molecule has 1 aliphatic rings. The minimum absolute atomic E-state index is 0.364. The van der Waals surface area contributed by atoms with Crippen LogP contribution in [0.2, 0.25) is 0 Å². The fraction of sp³-hybridized carbons (Fsp3) is 0.750. The summed E-state index contributed by atoms with van der Waals surface area (Å²) in [5.74, 6) is -4.73. The molecule has 0 aromatic heterocycles. The summed E-state index contributed by atoms with van der Waals surface area (Å²) in [5.41, 5.74) is 0. The molecule has 0 aromatic rings. The van der Waals surface area contributed by atoms with Gasteiger partial charge in [0.05, 0.1) is 18.9 Å². The van der Waals surface area contributed by atoms with E-state index in [1.807, 2.05) is 0 Å². The van der Waals surface area contributed by atoms with E-state index < -0.39 is 36.2 Å². The fourth-order valence-electron chi connectivity index (χ4n) is 1.60. The van der Waals surface area contributed by atoms with Crippen molar-refractivity contribution in [1.29, 1.82) is 0 Å². The number of esters is 1. The summed E-state index contributed by atoms with van der Waals surface area (Å²) in [7, 11) is 1.01. The van der Waals surface area contributed by atoms with Crippen molar-refractivity contribution in [2.75, 3.05) is 7.11 Å². The van der Waals surface area contributed by atoms with E-state index in [1.165, 1.54) is 0 Å². The van der Waals surface area contributed by atoms with E-state index >= 15 is 0 Å². The Balaban J connectivity index is 2.83. The largest absolute Gasteiger partial charge is 0.469 e. The molecule has 0 bridgehead atoms. The summed E-state index contributed by atoms with van der Waals surface area (Å²) in [6.07, 6.45) is -5.48. The molecule has 0 unspecified atom stereocenters. The lowest BCUT2D eigenvalue weighted by Crippen LogP contribution is -2.31. The Morgan fingerprint density at radius 1 is 1.43 bits per heavy atom. The van der Waals surface area contributed by atoms with Gasteiger partial charge in [-0.3, -0.25) is 9.59 Å². The maximum Gasteiger partial charge on any atom is 0.393 e. The molecule has 0 amide bonds. The number of alkyl halides is 3. The first-order valence-electron chi connectivity index (χ1n) is 4.02. The van der Waals surface area contributed by atoms with Crippen LogP contribution in [-0.4, -0.2) is 25.0 Å². The first-order chi connectivity index (χ1) is 6.36. The molecular weight excluding hydrogens is 201 g/mol. The van der Waals surface area contributed by atoms with Crippen LogP contribution in [-0.2, 0) is 14.3 Å². The van der Waals surface area contributed by atoms with E-state index in [0.717, 1.165) is 7.11 Å². The van der Waals surface area contributed by atoms with E-state index in [0.29, 0.717) is 0 Å². The predicted molar refractivity (Wildman–Crippen MR) is 39.3 cm³/mol. The SMILES string of the molecule is COC(=O)[C@@H]1CC(=O)C[C@H]1C(F)(F)F. The van der Waals surface area contributed by atoms with Gasteiger partial charge in [-0.15, -0.1) is 0 Å². The maximum absolute atomic E-state index is 12.3. The van der Waals surface area contributed by atoms with Crippen LogP contribution < -0.4 is 0 Å². The number of hydrogen-bond acceptors (Lipinski definition) is 3. The molecule has 6 heteroatoms. The van der Waals surface area contributed by atoms with Crippen molar-refractivity contribution in [1.82, 2.24) is 0 Å². The molecule has 0 heterocycles. The zero-order valence-electron chi connectivity index (χ0n) is 7.43. The van der Waals surface area contributed by atoms with Crippen LogP contribution in [0.3, 0.4) is 0 Å². The van der Waals surface area contributed by atoms with E-state index in [1.54, 1.807) is 0 Å².